The van der Waals surface area contributed by atoms with Crippen LogP contribution < -0.4 is 5.32 Å². The Morgan fingerprint density at radius 3 is 2.96 bits per heavy atom. The van der Waals surface area contributed by atoms with Crippen molar-refractivity contribution in [3.8, 4) is 0 Å². The van der Waals surface area contributed by atoms with Crippen molar-refractivity contribution in [1.82, 2.24) is 15.2 Å². The first kappa shape index (κ1) is 18.6. The van der Waals surface area contributed by atoms with Crippen molar-refractivity contribution in [3.05, 3.63) is 36.0 Å². The second-order valence-corrected chi connectivity index (χ2v) is 7.99. The predicted molar refractivity (Wildman–Crippen MR) is 108 cm³/mol. The Bertz CT molecular complexity index is 681. The molecule has 2 fully saturated rings. The number of carbonyl (C=O) groups excluding carboxylic acids is 1. The van der Waals surface area contributed by atoms with Gasteiger partial charge in [0.25, 0.3) is 0 Å². The number of nitrogens with zero attached hydrogens (tertiary/aromatic N) is 1. The van der Waals surface area contributed by atoms with Crippen LogP contribution in [0.2, 0.25) is 0 Å². The molecule has 2 aliphatic rings. The second kappa shape index (κ2) is 8.47. The van der Waals surface area contributed by atoms with Crippen LogP contribution in [0.1, 0.15) is 37.4 Å². The van der Waals surface area contributed by atoms with E-state index in [2.05, 4.69) is 45.5 Å². The maximum Gasteiger partial charge on any atom is 0.224 e. The number of rotatable bonds is 3. The summed E-state index contributed by atoms with van der Waals surface area (Å²) in [5.74, 6) is 2.52. The number of aromatic amines is 1. The minimum atomic E-state index is 0. The van der Waals surface area contributed by atoms with Crippen molar-refractivity contribution >= 4 is 41.0 Å². The van der Waals surface area contributed by atoms with E-state index in [9.17, 15) is 4.79 Å². The number of para-hydroxylation sites is 1. The third-order valence-electron chi connectivity index (χ3n) is 5.15. The summed E-state index contributed by atoms with van der Waals surface area (Å²) in [6, 6.07) is 11.1. The molecule has 2 atom stereocenters. The lowest BCUT2D eigenvalue weighted by Gasteiger charge is -2.36. The molecule has 2 aromatic rings. The minimum absolute atomic E-state index is 0. The molecule has 0 saturated carbocycles. The number of benzene rings is 1. The molecule has 2 saturated heterocycles. The van der Waals surface area contributed by atoms with Crippen molar-refractivity contribution < 1.29 is 4.79 Å². The second-order valence-electron chi connectivity index (χ2n) is 6.84. The van der Waals surface area contributed by atoms with Gasteiger partial charge in [0.15, 0.2) is 0 Å². The number of hydrogen-bond donors (Lipinski definition) is 2. The van der Waals surface area contributed by atoms with Gasteiger partial charge in [-0.25, -0.2) is 0 Å². The molecule has 25 heavy (non-hydrogen) atoms. The number of hydrogen-bond acceptors (Lipinski definition) is 3. The summed E-state index contributed by atoms with van der Waals surface area (Å²) in [6.07, 6.45) is 4.01. The van der Waals surface area contributed by atoms with E-state index in [-0.39, 0.29) is 18.4 Å². The van der Waals surface area contributed by atoms with E-state index in [1.54, 1.807) is 0 Å². The average molecular weight is 380 g/mol. The molecule has 0 aliphatic carbocycles. The topological polar surface area (TPSA) is 48.1 Å². The number of halogens is 1. The number of piperidine rings is 1. The normalized spacial score (nSPS) is 24.1. The van der Waals surface area contributed by atoms with Crippen molar-refractivity contribution in [2.75, 3.05) is 24.6 Å². The van der Waals surface area contributed by atoms with Gasteiger partial charge in [0.1, 0.15) is 0 Å². The van der Waals surface area contributed by atoms with Crippen LogP contribution in [-0.2, 0) is 4.79 Å². The van der Waals surface area contributed by atoms with E-state index in [1.165, 1.54) is 17.5 Å². The molecule has 0 bridgehead atoms. The van der Waals surface area contributed by atoms with Crippen LogP contribution in [0.25, 0.3) is 10.9 Å². The Morgan fingerprint density at radius 2 is 2.16 bits per heavy atom. The number of H-pyrrole nitrogens is 1. The molecule has 1 aromatic heterocycles. The van der Waals surface area contributed by atoms with Crippen LogP contribution in [0.15, 0.2) is 30.3 Å². The summed E-state index contributed by atoms with van der Waals surface area (Å²) in [4.78, 5) is 18.6. The molecule has 0 radical (unpaired) electrons. The van der Waals surface area contributed by atoms with Gasteiger partial charge < -0.3 is 15.2 Å². The highest BCUT2D eigenvalue weighted by Crippen LogP contribution is 2.33. The molecule has 2 aliphatic heterocycles. The highest BCUT2D eigenvalue weighted by atomic mass is 35.5. The average Bonchev–Trinajstić information content (AvgIpc) is 3.06. The zero-order chi connectivity index (χ0) is 16.4. The molecule has 136 valence electrons. The number of likely N-dealkylation sites (tertiary alicyclic amines) is 1. The Kier molecular flexibility index (Phi) is 6.31. The number of aromatic nitrogens is 1. The summed E-state index contributed by atoms with van der Waals surface area (Å²) in [6.45, 7) is 1.91. The monoisotopic (exact) mass is 379 g/mol. The van der Waals surface area contributed by atoms with Crippen molar-refractivity contribution in [1.29, 1.82) is 0 Å². The van der Waals surface area contributed by atoms with E-state index >= 15 is 0 Å². The molecular weight excluding hydrogens is 354 g/mol. The quantitative estimate of drug-likeness (QED) is 0.854. The van der Waals surface area contributed by atoms with E-state index < -0.39 is 0 Å². The van der Waals surface area contributed by atoms with Gasteiger partial charge in [-0.3, -0.25) is 4.79 Å². The third-order valence-corrected chi connectivity index (χ3v) is 6.28. The fourth-order valence-electron chi connectivity index (χ4n) is 3.91. The van der Waals surface area contributed by atoms with Crippen LogP contribution >= 0.6 is 24.2 Å². The highest BCUT2D eigenvalue weighted by molar-refractivity contribution is 7.99. The molecule has 1 aromatic carbocycles. The van der Waals surface area contributed by atoms with Gasteiger partial charge in [0, 0.05) is 48.3 Å². The highest BCUT2D eigenvalue weighted by Gasteiger charge is 2.30. The molecular formula is C19H26ClN3OS. The molecule has 0 spiro atoms. The SMILES string of the molecule is Cl.O=C(CC1CSCCN1)N1CCCCC1c1cc2ccccc2[nH]1. The fourth-order valence-corrected chi connectivity index (χ4v) is 4.86. The Morgan fingerprint density at radius 1 is 1.28 bits per heavy atom. The summed E-state index contributed by atoms with van der Waals surface area (Å²) < 4.78 is 0. The molecule has 4 nitrogen and oxygen atoms in total. The lowest BCUT2D eigenvalue weighted by atomic mass is 9.98. The molecule has 3 heterocycles. The Labute approximate surface area is 159 Å². The first-order valence-corrected chi connectivity index (χ1v) is 10.1. The van der Waals surface area contributed by atoms with Crippen molar-refractivity contribution in [2.45, 2.75) is 37.8 Å². The van der Waals surface area contributed by atoms with Gasteiger partial charge in [-0.05, 0) is 36.8 Å². The van der Waals surface area contributed by atoms with Gasteiger partial charge in [-0.1, -0.05) is 18.2 Å². The predicted octanol–water partition coefficient (Wildman–Crippen LogP) is 3.74. The fraction of sp³-hybridized carbons (Fsp3) is 0.526. The van der Waals surface area contributed by atoms with Gasteiger partial charge >= 0.3 is 0 Å². The Balaban J connectivity index is 0.00000182. The van der Waals surface area contributed by atoms with Crippen LogP contribution in [0.4, 0.5) is 0 Å². The Hall–Kier alpha value is -1.17. The van der Waals surface area contributed by atoms with Gasteiger partial charge in [-0.15, -0.1) is 12.4 Å². The lowest BCUT2D eigenvalue weighted by Crippen LogP contribution is -2.45. The number of amides is 1. The van der Waals surface area contributed by atoms with Crippen LogP contribution in [0.5, 0.6) is 0 Å². The smallest absolute Gasteiger partial charge is 0.224 e. The molecule has 1 amide bonds. The molecule has 2 unspecified atom stereocenters. The van der Waals surface area contributed by atoms with E-state index in [4.69, 9.17) is 0 Å². The maximum atomic E-state index is 12.9. The first-order valence-electron chi connectivity index (χ1n) is 8.99. The van der Waals surface area contributed by atoms with Gasteiger partial charge in [0.05, 0.1) is 6.04 Å². The van der Waals surface area contributed by atoms with Crippen LogP contribution in [0, 0.1) is 0 Å². The minimum Gasteiger partial charge on any atom is -0.357 e. The lowest BCUT2D eigenvalue weighted by molar-refractivity contribution is -0.135. The van der Waals surface area contributed by atoms with E-state index in [0.29, 0.717) is 18.4 Å². The zero-order valence-electron chi connectivity index (χ0n) is 14.4. The van der Waals surface area contributed by atoms with Gasteiger partial charge in [0.2, 0.25) is 5.91 Å². The number of nitrogens with one attached hydrogen (secondary N) is 2. The summed E-state index contributed by atoms with van der Waals surface area (Å²) in [5.41, 5.74) is 2.35. The standard InChI is InChI=1S/C19H25N3OS.ClH/c23-19(12-15-13-24-10-8-20-15)22-9-4-3-7-18(22)17-11-14-5-1-2-6-16(14)21-17;/h1-2,5-6,11,15,18,20-21H,3-4,7-10,12-13H2;1H. The van der Waals surface area contributed by atoms with E-state index in [1.807, 2.05) is 11.8 Å². The van der Waals surface area contributed by atoms with Crippen LogP contribution in [0.3, 0.4) is 0 Å². The largest absolute Gasteiger partial charge is 0.357 e. The van der Waals surface area contributed by atoms with Gasteiger partial charge in [-0.2, -0.15) is 11.8 Å². The van der Waals surface area contributed by atoms with E-state index in [0.717, 1.165) is 43.0 Å². The summed E-state index contributed by atoms with van der Waals surface area (Å²) >= 11 is 1.95. The molecule has 4 rings (SSSR count). The number of carbonyl (C=O) groups is 1. The van der Waals surface area contributed by atoms with Crippen molar-refractivity contribution in [3.63, 3.8) is 0 Å². The molecule has 6 heteroatoms. The van der Waals surface area contributed by atoms with Crippen LogP contribution in [-0.4, -0.2) is 46.4 Å². The summed E-state index contributed by atoms with van der Waals surface area (Å²) in [7, 11) is 0. The number of thioether (sulfide) groups is 1. The summed E-state index contributed by atoms with van der Waals surface area (Å²) in [5, 5.41) is 4.72. The zero-order valence-corrected chi connectivity index (χ0v) is 16.0. The maximum absolute atomic E-state index is 12.9. The first-order chi connectivity index (χ1) is 11.8. The number of fused-ring (bicyclic) bond motifs is 1. The molecule has 2 N–H and O–H groups in total. The van der Waals surface area contributed by atoms with Crippen molar-refractivity contribution in [2.24, 2.45) is 0 Å². The third kappa shape index (κ3) is 4.15.